The first kappa shape index (κ1) is 19.3. The summed E-state index contributed by atoms with van der Waals surface area (Å²) in [6, 6.07) is 8.28. The van der Waals surface area contributed by atoms with Gasteiger partial charge in [-0.25, -0.2) is 0 Å². The quantitative estimate of drug-likeness (QED) is 0.641. The van der Waals surface area contributed by atoms with Gasteiger partial charge in [0.15, 0.2) is 0 Å². The summed E-state index contributed by atoms with van der Waals surface area (Å²) in [5, 5.41) is 3.37. The first-order chi connectivity index (χ1) is 11.7. The minimum absolute atomic E-state index is 0.312. The molecule has 0 unspecified atom stereocenters. The van der Waals surface area contributed by atoms with Crippen LogP contribution in [0.5, 0.6) is 5.75 Å². The van der Waals surface area contributed by atoms with Crippen LogP contribution in [0.3, 0.4) is 0 Å². The normalized spacial score (nSPS) is 15.2. The Labute approximate surface area is 154 Å². The molecule has 2 rings (SSSR count). The molecule has 1 heterocycles. The minimum Gasteiger partial charge on any atom is -0.494 e. The zero-order valence-corrected chi connectivity index (χ0v) is 16.2. The van der Waals surface area contributed by atoms with Gasteiger partial charge in [0, 0.05) is 23.5 Å². The number of unbranched alkanes of at least 4 members (excludes halogenated alkanes) is 1. The van der Waals surface area contributed by atoms with Crippen molar-refractivity contribution in [2.45, 2.75) is 51.5 Å². The fraction of sp³-hybridized carbons (Fsp3) is 0.632. The van der Waals surface area contributed by atoms with Crippen LogP contribution in [0.25, 0.3) is 0 Å². The van der Waals surface area contributed by atoms with Crippen LogP contribution in [0.4, 0.5) is 0 Å². The molecule has 1 N–H and O–H groups in total. The van der Waals surface area contributed by atoms with E-state index in [-0.39, 0.29) is 0 Å². The van der Waals surface area contributed by atoms with Gasteiger partial charge < -0.3 is 15.0 Å². The summed E-state index contributed by atoms with van der Waals surface area (Å²) in [7, 11) is 0. The molecule has 4 nitrogen and oxygen atoms in total. The predicted octanol–water partition coefficient (Wildman–Crippen LogP) is 3.99. The molecule has 0 atom stereocenters. The van der Waals surface area contributed by atoms with Crippen molar-refractivity contribution in [3.05, 3.63) is 28.7 Å². The standard InChI is InChI=1S/C19H29BrN2O2/c1-2-14-22(17-10-12-21-13-11-17)19(23)5-3-4-15-24-18-8-6-16(20)7-9-18/h6-9,17,21H,2-5,10-15H2,1H3. The monoisotopic (exact) mass is 396 g/mol. The first-order valence-electron chi connectivity index (χ1n) is 9.09. The SMILES string of the molecule is CCCN(C(=O)CCCCOc1ccc(Br)cc1)C1CCNCC1. The number of nitrogens with zero attached hydrogens (tertiary/aromatic N) is 1. The summed E-state index contributed by atoms with van der Waals surface area (Å²) in [5.74, 6) is 1.19. The fourth-order valence-corrected chi connectivity index (χ4v) is 3.38. The van der Waals surface area contributed by atoms with E-state index in [1.165, 1.54) is 0 Å². The Morgan fingerprint density at radius 2 is 1.96 bits per heavy atom. The molecule has 1 aromatic rings. The average Bonchev–Trinajstić information content (AvgIpc) is 2.61. The second kappa shape index (κ2) is 10.7. The van der Waals surface area contributed by atoms with Gasteiger partial charge in [0.2, 0.25) is 5.91 Å². The average molecular weight is 397 g/mol. The molecule has 0 bridgehead atoms. The smallest absolute Gasteiger partial charge is 0.222 e. The summed E-state index contributed by atoms with van der Waals surface area (Å²) in [5.41, 5.74) is 0. The number of carbonyl (C=O) groups excluding carboxylic acids is 1. The van der Waals surface area contributed by atoms with Gasteiger partial charge in [-0.2, -0.15) is 0 Å². The van der Waals surface area contributed by atoms with Crippen molar-refractivity contribution >= 4 is 21.8 Å². The third-order valence-electron chi connectivity index (χ3n) is 4.40. The summed E-state index contributed by atoms with van der Waals surface area (Å²) in [6.07, 6.45) is 5.63. The van der Waals surface area contributed by atoms with Crippen molar-refractivity contribution in [2.24, 2.45) is 0 Å². The van der Waals surface area contributed by atoms with E-state index in [0.717, 1.165) is 62.0 Å². The van der Waals surface area contributed by atoms with E-state index in [1.807, 2.05) is 24.3 Å². The molecule has 1 amide bonds. The van der Waals surface area contributed by atoms with Crippen LogP contribution in [-0.4, -0.2) is 43.1 Å². The molecule has 0 aliphatic carbocycles. The van der Waals surface area contributed by atoms with Gasteiger partial charge in [-0.15, -0.1) is 0 Å². The van der Waals surface area contributed by atoms with E-state index in [0.29, 0.717) is 25.0 Å². The van der Waals surface area contributed by atoms with Crippen LogP contribution in [0.2, 0.25) is 0 Å². The second-order valence-electron chi connectivity index (χ2n) is 6.33. The summed E-state index contributed by atoms with van der Waals surface area (Å²) >= 11 is 3.41. The number of ether oxygens (including phenoxy) is 1. The number of nitrogens with one attached hydrogen (secondary N) is 1. The van der Waals surface area contributed by atoms with Crippen LogP contribution < -0.4 is 10.1 Å². The highest BCUT2D eigenvalue weighted by molar-refractivity contribution is 9.10. The van der Waals surface area contributed by atoms with Crippen molar-refractivity contribution in [3.63, 3.8) is 0 Å². The van der Waals surface area contributed by atoms with E-state index >= 15 is 0 Å². The molecule has 1 aliphatic heterocycles. The van der Waals surface area contributed by atoms with Crippen molar-refractivity contribution in [1.29, 1.82) is 0 Å². The van der Waals surface area contributed by atoms with Crippen molar-refractivity contribution < 1.29 is 9.53 Å². The lowest BCUT2D eigenvalue weighted by molar-refractivity contribution is -0.134. The molecule has 0 spiro atoms. The molecule has 134 valence electrons. The van der Waals surface area contributed by atoms with Crippen molar-refractivity contribution in [1.82, 2.24) is 10.2 Å². The van der Waals surface area contributed by atoms with Crippen LogP contribution in [0.15, 0.2) is 28.7 Å². The highest BCUT2D eigenvalue weighted by Crippen LogP contribution is 2.17. The van der Waals surface area contributed by atoms with Crippen molar-refractivity contribution in [3.8, 4) is 5.75 Å². The van der Waals surface area contributed by atoms with E-state index in [2.05, 4.69) is 33.1 Å². The third kappa shape index (κ3) is 6.44. The van der Waals surface area contributed by atoms with Gasteiger partial charge in [-0.3, -0.25) is 4.79 Å². The minimum atomic E-state index is 0.312. The number of hydrogen-bond donors (Lipinski definition) is 1. The summed E-state index contributed by atoms with van der Waals surface area (Å²) in [4.78, 5) is 14.7. The highest BCUT2D eigenvalue weighted by Gasteiger charge is 2.23. The van der Waals surface area contributed by atoms with Gasteiger partial charge >= 0.3 is 0 Å². The molecule has 1 aliphatic rings. The Morgan fingerprint density at radius 3 is 2.62 bits per heavy atom. The topological polar surface area (TPSA) is 41.6 Å². The molecule has 5 heteroatoms. The maximum atomic E-state index is 12.6. The zero-order valence-electron chi connectivity index (χ0n) is 14.6. The molecule has 0 aromatic heterocycles. The van der Waals surface area contributed by atoms with Crippen LogP contribution in [0.1, 0.15) is 45.4 Å². The van der Waals surface area contributed by atoms with Gasteiger partial charge in [0.25, 0.3) is 0 Å². The number of benzene rings is 1. The summed E-state index contributed by atoms with van der Waals surface area (Å²) < 4.78 is 6.76. The number of halogens is 1. The molecular weight excluding hydrogens is 368 g/mol. The van der Waals surface area contributed by atoms with E-state index in [9.17, 15) is 4.79 Å². The number of hydrogen-bond acceptors (Lipinski definition) is 3. The number of carbonyl (C=O) groups is 1. The lowest BCUT2D eigenvalue weighted by Crippen LogP contribution is -2.46. The summed E-state index contributed by atoms with van der Waals surface area (Å²) in [6.45, 7) is 5.75. The van der Waals surface area contributed by atoms with Crippen LogP contribution >= 0.6 is 15.9 Å². The highest BCUT2D eigenvalue weighted by atomic mass is 79.9. The lowest BCUT2D eigenvalue weighted by Gasteiger charge is -2.34. The largest absolute Gasteiger partial charge is 0.494 e. The third-order valence-corrected chi connectivity index (χ3v) is 4.93. The molecule has 24 heavy (non-hydrogen) atoms. The molecule has 1 fully saturated rings. The Kier molecular flexibility index (Phi) is 8.60. The number of piperidine rings is 1. The Hall–Kier alpha value is -1.07. The maximum absolute atomic E-state index is 12.6. The van der Waals surface area contributed by atoms with Gasteiger partial charge in [0.1, 0.15) is 5.75 Å². The molecular formula is C19H29BrN2O2. The Bertz CT molecular complexity index is 487. The van der Waals surface area contributed by atoms with Crippen LogP contribution in [-0.2, 0) is 4.79 Å². The first-order valence-corrected chi connectivity index (χ1v) is 9.88. The predicted molar refractivity (Wildman–Crippen MR) is 101 cm³/mol. The van der Waals surface area contributed by atoms with E-state index < -0.39 is 0 Å². The van der Waals surface area contributed by atoms with Crippen molar-refractivity contribution in [2.75, 3.05) is 26.2 Å². The van der Waals surface area contributed by atoms with Crippen LogP contribution in [0, 0.1) is 0 Å². The fourth-order valence-electron chi connectivity index (χ4n) is 3.11. The Morgan fingerprint density at radius 1 is 1.25 bits per heavy atom. The zero-order chi connectivity index (χ0) is 17.2. The van der Waals surface area contributed by atoms with Gasteiger partial charge in [-0.1, -0.05) is 22.9 Å². The maximum Gasteiger partial charge on any atom is 0.222 e. The lowest BCUT2D eigenvalue weighted by atomic mass is 10.0. The molecule has 0 radical (unpaired) electrons. The molecule has 1 saturated heterocycles. The second-order valence-corrected chi connectivity index (χ2v) is 7.24. The number of amides is 1. The molecule has 0 saturated carbocycles. The van der Waals surface area contributed by atoms with Gasteiger partial charge in [0.05, 0.1) is 6.61 Å². The van der Waals surface area contributed by atoms with E-state index in [1.54, 1.807) is 0 Å². The van der Waals surface area contributed by atoms with Gasteiger partial charge in [-0.05, 0) is 69.5 Å². The molecule has 1 aromatic carbocycles. The van der Waals surface area contributed by atoms with E-state index in [4.69, 9.17) is 4.74 Å². The number of rotatable bonds is 9. The Balaban J connectivity index is 1.67.